The van der Waals surface area contributed by atoms with Crippen LogP contribution in [0.4, 0.5) is 0 Å². The maximum Gasteiger partial charge on any atom is 0.0669 e. The topological polar surface area (TPSA) is 23.8 Å². The van der Waals surface area contributed by atoms with E-state index in [2.05, 4.69) is 55.5 Å². The summed E-state index contributed by atoms with van der Waals surface area (Å²) in [6.07, 6.45) is 0.496. The summed E-state index contributed by atoms with van der Waals surface area (Å²) in [7, 11) is 0. The average molecular weight is 219 g/mol. The third-order valence-corrected chi connectivity index (χ3v) is 3.58. The van der Waals surface area contributed by atoms with Crippen LogP contribution in [-0.2, 0) is 6.42 Å². The Kier molecular flexibility index (Phi) is 2.23. The van der Waals surface area contributed by atoms with Crippen molar-refractivity contribution in [2.45, 2.75) is 19.3 Å². The third kappa shape index (κ3) is 1.45. The van der Waals surface area contributed by atoms with Crippen LogP contribution in [0.2, 0.25) is 0 Å². The molecule has 0 saturated carbocycles. The second kappa shape index (κ2) is 3.75. The van der Waals surface area contributed by atoms with Crippen LogP contribution < -0.4 is 0 Å². The summed E-state index contributed by atoms with van der Waals surface area (Å²) in [5, 5.41) is 8.76. The molecule has 0 amide bonds. The van der Waals surface area contributed by atoms with Crippen molar-refractivity contribution in [3.05, 3.63) is 59.2 Å². The summed E-state index contributed by atoms with van der Waals surface area (Å²) in [6, 6.07) is 17.2. The zero-order chi connectivity index (χ0) is 11.8. The molecule has 1 nitrogen and oxygen atoms in total. The van der Waals surface area contributed by atoms with E-state index in [0.717, 1.165) is 5.56 Å². The van der Waals surface area contributed by atoms with Gasteiger partial charge in [-0.05, 0) is 27.8 Å². The number of hydrogen-bond acceptors (Lipinski definition) is 1. The second-order valence-corrected chi connectivity index (χ2v) is 4.57. The third-order valence-electron chi connectivity index (χ3n) is 3.58. The fourth-order valence-electron chi connectivity index (χ4n) is 2.70. The van der Waals surface area contributed by atoms with Crippen molar-refractivity contribution in [2.75, 3.05) is 0 Å². The van der Waals surface area contributed by atoms with Crippen LogP contribution in [-0.4, -0.2) is 0 Å². The lowest BCUT2D eigenvalue weighted by Crippen LogP contribution is -1.91. The van der Waals surface area contributed by atoms with E-state index in [0.29, 0.717) is 12.3 Å². The molecule has 0 fully saturated rings. The number of fused-ring (bicyclic) bond motifs is 3. The predicted molar refractivity (Wildman–Crippen MR) is 68.7 cm³/mol. The Labute approximate surface area is 101 Å². The van der Waals surface area contributed by atoms with Crippen LogP contribution >= 0.6 is 0 Å². The first-order valence-electron chi connectivity index (χ1n) is 5.90. The fraction of sp³-hybridized carbons (Fsp3) is 0.188. The lowest BCUT2D eigenvalue weighted by molar-refractivity contribution is 0.953. The number of nitrogens with zero attached hydrogens (tertiary/aromatic N) is 1. The Morgan fingerprint density at radius 3 is 2.65 bits per heavy atom. The molecule has 0 saturated heterocycles. The first-order chi connectivity index (χ1) is 8.31. The van der Waals surface area contributed by atoms with E-state index in [-0.39, 0.29) is 0 Å². The summed E-state index contributed by atoms with van der Waals surface area (Å²) < 4.78 is 0. The highest BCUT2D eigenvalue weighted by molar-refractivity contribution is 5.78. The molecule has 1 aliphatic carbocycles. The molecule has 0 heterocycles. The summed E-state index contributed by atoms with van der Waals surface area (Å²) in [5.41, 5.74) is 6.55. The molecule has 0 bridgehead atoms. The fourth-order valence-corrected chi connectivity index (χ4v) is 2.70. The van der Waals surface area contributed by atoms with Crippen molar-refractivity contribution in [3.8, 4) is 17.2 Å². The maximum atomic E-state index is 8.76. The van der Waals surface area contributed by atoms with E-state index < -0.39 is 0 Å². The van der Waals surface area contributed by atoms with Crippen LogP contribution in [0.15, 0.2) is 42.5 Å². The van der Waals surface area contributed by atoms with Crippen molar-refractivity contribution >= 4 is 0 Å². The van der Waals surface area contributed by atoms with Crippen LogP contribution in [0.5, 0.6) is 0 Å². The van der Waals surface area contributed by atoms with Gasteiger partial charge in [0, 0.05) is 5.92 Å². The van der Waals surface area contributed by atoms with Crippen LogP contribution in [0.3, 0.4) is 0 Å². The Balaban J connectivity index is 2.18. The summed E-state index contributed by atoms with van der Waals surface area (Å²) in [4.78, 5) is 0. The lowest BCUT2D eigenvalue weighted by Gasteiger charge is -2.06. The molecule has 2 aromatic rings. The highest BCUT2D eigenvalue weighted by Gasteiger charge is 2.24. The highest BCUT2D eigenvalue weighted by Crippen LogP contribution is 2.44. The Morgan fingerprint density at radius 2 is 1.82 bits per heavy atom. The number of rotatable bonds is 1. The van der Waals surface area contributed by atoms with E-state index >= 15 is 0 Å². The van der Waals surface area contributed by atoms with Crippen molar-refractivity contribution in [2.24, 2.45) is 0 Å². The first kappa shape index (κ1) is 10.1. The quantitative estimate of drug-likeness (QED) is 0.714. The van der Waals surface area contributed by atoms with Gasteiger partial charge in [0.05, 0.1) is 12.5 Å². The molecule has 1 atom stereocenters. The maximum absolute atomic E-state index is 8.76. The van der Waals surface area contributed by atoms with Gasteiger partial charge in [0.2, 0.25) is 0 Å². The molecule has 0 N–H and O–H groups in total. The van der Waals surface area contributed by atoms with Gasteiger partial charge in [-0.2, -0.15) is 5.26 Å². The van der Waals surface area contributed by atoms with Gasteiger partial charge in [-0.3, -0.25) is 0 Å². The van der Waals surface area contributed by atoms with Crippen LogP contribution in [0.1, 0.15) is 29.5 Å². The molecule has 0 spiro atoms. The molecule has 2 aromatic carbocycles. The molecular weight excluding hydrogens is 206 g/mol. The summed E-state index contributed by atoms with van der Waals surface area (Å²) >= 11 is 0. The lowest BCUT2D eigenvalue weighted by atomic mass is 9.97. The van der Waals surface area contributed by atoms with Crippen molar-refractivity contribution in [3.63, 3.8) is 0 Å². The SMILES string of the molecule is CC1c2ccccc2-c2ccc(CC#N)cc21. The molecule has 82 valence electrons. The summed E-state index contributed by atoms with van der Waals surface area (Å²) in [5.74, 6) is 0.444. The minimum Gasteiger partial charge on any atom is -0.198 e. The van der Waals surface area contributed by atoms with Gasteiger partial charge < -0.3 is 0 Å². The monoisotopic (exact) mass is 219 g/mol. The standard InChI is InChI=1S/C16H13N/c1-11-13-4-2-3-5-14(13)15-7-6-12(8-9-17)10-16(11)15/h2-7,10-11H,8H2,1H3. The zero-order valence-electron chi connectivity index (χ0n) is 9.77. The molecule has 3 rings (SSSR count). The molecule has 1 heteroatoms. The van der Waals surface area contributed by atoms with Crippen molar-refractivity contribution in [1.29, 1.82) is 5.26 Å². The van der Waals surface area contributed by atoms with E-state index in [1.54, 1.807) is 0 Å². The van der Waals surface area contributed by atoms with Gasteiger partial charge in [0.15, 0.2) is 0 Å². The second-order valence-electron chi connectivity index (χ2n) is 4.57. The molecule has 0 aromatic heterocycles. The van der Waals surface area contributed by atoms with E-state index in [9.17, 15) is 0 Å². The van der Waals surface area contributed by atoms with Gasteiger partial charge in [-0.25, -0.2) is 0 Å². The molecule has 17 heavy (non-hydrogen) atoms. The molecule has 0 aliphatic heterocycles. The number of benzene rings is 2. The minimum absolute atomic E-state index is 0.444. The van der Waals surface area contributed by atoms with Gasteiger partial charge >= 0.3 is 0 Å². The Morgan fingerprint density at radius 1 is 1.06 bits per heavy atom. The largest absolute Gasteiger partial charge is 0.198 e. The smallest absolute Gasteiger partial charge is 0.0669 e. The van der Waals surface area contributed by atoms with Crippen LogP contribution in [0.25, 0.3) is 11.1 Å². The average Bonchev–Trinajstić information content (AvgIpc) is 2.65. The van der Waals surface area contributed by atoms with E-state index in [1.807, 2.05) is 0 Å². The minimum atomic E-state index is 0.444. The van der Waals surface area contributed by atoms with Crippen molar-refractivity contribution < 1.29 is 0 Å². The number of nitriles is 1. The zero-order valence-corrected chi connectivity index (χ0v) is 9.77. The highest BCUT2D eigenvalue weighted by atomic mass is 14.3. The van der Waals surface area contributed by atoms with Gasteiger partial charge in [0.25, 0.3) is 0 Å². The van der Waals surface area contributed by atoms with Gasteiger partial charge in [0.1, 0.15) is 0 Å². The Bertz CT molecular complexity index is 620. The van der Waals surface area contributed by atoms with Gasteiger partial charge in [-0.15, -0.1) is 0 Å². The molecular formula is C16H13N. The molecule has 1 aliphatic rings. The predicted octanol–water partition coefficient (Wildman–Crippen LogP) is 3.88. The number of hydrogen-bond donors (Lipinski definition) is 0. The van der Waals surface area contributed by atoms with Crippen LogP contribution in [0, 0.1) is 11.3 Å². The molecule has 1 unspecified atom stereocenters. The van der Waals surface area contributed by atoms with E-state index in [4.69, 9.17) is 5.26 Å². The van der Waals surface area contributed by atoms with E-state index in [1.165, 1.54) is 22.3 Å². The summed E-state index contributed by atoms with van der Waals surface area (Å²) in [6.45, 7) is 2.24. The van der Waals surface area contributed by atoms with Crippen molar-refractivity contribution in [1.82, 2.24) is 0 Å². The van der Waals surface area contributed by atoms with Gasteiger partial charge in [-0.1, -0.05) is 49.4 Å². The normalized spacial score (nSPS) is 16.1. The molecule has 0 radical (unpaired) electrons. The first-order valence-corrected chi connectivity index (χ1v) is 5.90. The Hall–Kier alpha value is -2.07.